The molecule has 0 spiro atoms. The number of anilines is 1. The number of aliphatic hydroxyl groups is 1. The molecule has 0 radical (unpaired) electrons. The van der Waals surface area contributed by atoms with Crippen LogP contribution in [0.2, 0.25) is 0 Å². The zero-order valence-corrected chi connectivity index (χ0v) is 14.9. The number of alkyl halides is 3. The van der Waals surface area contributed by atoms with Crippen LogP contribution in [-0.2, 0) is 0 Å². The van der Waals surface area contributed by atoms with Crippen molar-refractivity contribution in [2.45, 2.75) is 32.0 Å². The van der Waals surface area contributed by atoms with E-state index in [9.17, 15) is 18.3 Å². The summed E-state index contributed by atoms with van der Waals surface area (Å²) >= 11 is 0. The lowest BCUT2D eigenvalue weighted by Gasteiger charge is -2.14. The predicted molar refractivity (Wildman–Crippen MR) is 97.3 cm³/mol. The number of pyridine rings is 3. The minimum absolute atomic E-state index is 0.224. The number of aromatic nitrogens is 3. The van der Waals surface area contributed by atoms with Crippen LogP contribution in [0.25, 0.3) is 22.0 Å². The highest BCUT2D eigenvalue weighted by Gasteiger charge is 2.28. The Morgan fingerprint density at radius 3 is 2.41 bits per heavy atom. The van der Waals surface area contributed by atoms with Crippen LogP contribution in [0.1, 0.15) is 30.2 Å². The minimum atomic E-state index is -4.30. The second kappa shape index (κ2) is 7.48. The monoisotopic (exact) mass is 376 g/mol. The van der Waals surface area contributed by atoms with Gasteiger partial charge < -0.3 is 10.4 Å². The van der Waals surface area contributed by atoms with Gasteiger partial charge in [-0.05, 0) is 37.1 Å². The number of rotatable bonds is 5. The Morgan fingerprint density at radius 2 is 1.74 bits per heavy atom. The molecule has 27 heavy (non-hydrogen) atoms. The lowest BCUT2D eigenvalue weighted by molar-refractivity contribution is -0.140. The molecule has 3 aromatic rings. The highest BCUT2D eigenvalue weighted by atomic mass is 19.4. The molecule has 5 nitrogen and oxygen atoms in total. The fraction of sp³-hybridized carbons (Fsp3) is 0.316. The molecular weight excluding hydrogens is 357 g/mol. The first-order valence-electron chi connectivity index (χ1n) is 8.42. The third-order valence-corrected chi connectivity index (χ3v) is 4.31. The summed E-state index contributed by atoms with van der Waals surface area (Å²) in [5, 5.41) is 14.8. The van der Waals surface area contributed by atoms with Crippen LogP contribution in [0.5, 0.6) is 0 Å². The lowest BCUT2D eigenvalue weighted by atomic mass is 10.0. The van der Waals surface area contributed by atoms with Crippen molar-refractivity contribution in [1.29, 1.82) is 0 Å². The number of aryl methyl sites for hydroxylation is 1. The normalized spacial score (nSPS) is 13.0. The van der Waals surface area contributed by atoms with E-state index in [1.165, 1.54) is 6.20 Å². The fourth-order valence-electron chi connectivity index (χ4n) is 2.80. The molecule has 0 aliphatic heterocycles. The van der Waals surface area contributed by atoms with Crippen LogP contribution in [0.15, 0.2) is 36.8 Å². The molecule has 0 bridgehead atoms. The molecule has 3 rings (SSSR count). The van der Waals surface area contributed by atoms with Crippen LogP contribution in [0.3, 0.4) is 0 Å². The minimum Gasteiger partial charge on any atom is -0.387 e. The van der Waals surface area contributed by atoms with E-state index < -0.39 is 25.1 Å². The number of hydrogen-bond acceptors (Lipinski definition) is 5. The summed E-state index contributed by atoms with van der Waals surface area (Å²) in [6, 6.07) is 5.37. The quantitative estimate of drug-likeness (QED) is 0.690. The Labute approximate surface area is 154 Å². The van der Waals surface area contributed by atoms with Gasteiger partial charge in [-0.2, -0.15) is 13.2 Å². The van der Waals surface area contributed by atoms with E-state index in [1.54, 1.807) is 25.5 Å². The SMILES string of the molecule is CNc1cc2cnc(-c3cnc([C@H](O)CCC(F)(F)F)cc3C)cc2cn1. The van der Waals surface area contributed by atoms with Crippen molar-refractivity contribution in [3.05, 3.63) is 48.0 Å². The molecule has 0 aliphatic carbocycles. The van der Waals surface area contributed by atoms with Gasteiger partial charge in [0.1, 0.15) is 5.82 Å². The first-order chi connectivity index (χ1) is 12.8. The maximum Gasteiger partial charge on any atom is 0.389 e. The highest BCUT2D eigenvalue weighted by molar-refractivity contribution is 5.86. The molecule has 0 amide bonds. The van der Waals surface area contributed by atoms with Crippen LogP contribution in [-0.4, -0.2) is 33.3 Å². The molecular formula is C19H19F3N4O. The van der Waals surface area contributed by atoms with Crippen LogP contribution >= 0.6 is 0 Å². The summed E-state index contributed by atoms with van der Waals surface area (Å²) in [6.45, 7) is 1.81. The van der Waals surface area contributed by atoms with Gasteiger partial charge in [-0.1, -0.05) is 0 Å². The van der Waals surface area contributed by atoms with Crippen molar-refractivity contribution in [3.8, 4) is 11.3 Å². The predicted octanol–water partition coefficient (Wildman–Crippen LogP) is 4.42. The topological polar surface area (TPSA) is 70.9 Å². The number of halogens is 3. The molecule has 0 aromatic carbocycles. The number of hydrogen-bond donors (Lipinski definition) is 2. The maximum absolute atomic E-state index is 12.3. The van der Waals surface area contributed by atoms with Crippen molar-refractivity contribution in [2.24, 2.45) is 0 Å². The molecule has 0 saturated heterocycles. The molecule has 8 heteroatoms. The summed E-state index contributed by atoms with van der Waals surface area (Å²) in [4.78, 5) is 12.9. The molecule has 1 atom stereocenters. The van der Waals surface area contributed by atoms with Crippen LogP contribution in [0, 0.1) is 6.92 Å². The molecule has 3 heterocycles. The number of nitrogens with zero attached hydrogens (tertiary/aromatic N) is 3. The van der Waals surface area contributed by atoms with Gasteiger partial charge in [0.2, 0.25) is 0 Å². The van der Waals surface area contributed by atoms with Crippen molar-refractivity contribution in [1.82, 2.24) is 15.0 Å². The number of nitrogens with one attached hydrogen (secondary N) is 1. The smallest absolute Gasteiger partial charge is 0.387 e. The van der Waals surface area contributed by atoms with Gasteiger partial charge in [0.05, 0.1) is 17.5 Å². The van der Waals surface area contributed by atoms with E-state index in [4.69, 9.17) is 0 Å². The highest BCUT2D eigenvalue weighted by Crippen LogP contribution is 2.29. The average molecular weight is 376 g/mol. The van der Waals surface area contributed by atoms with Gasteiger partial charge in [0.25, 0.3) is 0 Å². The Balaban J connectivity index is 1.86. The van der Waals surface area contributed by atoms with E-state index >= 15 is 0 Å². The van der Waals surface area contributed by atoms with Crippen molar-refractivity contribution in [3.63, 3.8) is 0 Å². The van der Waals surface area contributed by atoms with E-state index in [1.807, 2.05) is 19.1 Å². The van der Waals surface area contributed by atoms with Crippen molar-refractivity contribution in [2.75, 3.05) is 12.4 Å². The number of fused-ring (bicyclic) bond motifs is 1. The van der Waals surface area contributed by atoms with E-state index in [0.717, 1.165) is 27.7 Å². The van der Waals surface area contributed by atoms with Gasteiger partial charge in [0.15, 0.2) is 0 Å². The van der Waals surface area contributed by atoms with Gasteiger partial charge in [0, 0.05) is 48.4 Å². The zero-order chi connectivity index (χ0) is 19.6. The van der Waals surface area contributed by atoms with Crippen LogP contribution < -0.4 is 5.32 Å². The summed E-state index contributed by atoms with van der Waals surface area (Å²) in [5.74, 6) is 0.743. The van der Waals surface area contributed by atoms with Crippen LogP contribution in [0.4, 0.5) is 19.0 Å². The second-order valence-corrected chi connectivity index (χ2v) is 6.33. The first-order valence-corrected chi connectivity index (χ1v) is 8.42. The standard InChI is InChI=1S/C19H19F3N4O/c1-11-5-16(17(27)3-4-19(20,21)22)25-10-14(11)15-6-12-9-26-18(23-2)7-13(12)8-24-15/h5-10,17,27H,3-4H2,1-2H3,(H,23,26)/t17-/m1/s1. The maximum atomic E-state index is 12.3. The average Bonchev–Trinajstić information content (AvgIpc) is 2.64. The van der Waals surface area contributed by atoms with Gasteiger partial charge in [-0.25, -0.2) is 4.98 Å². The summed E-state index contributed by atoms with van der Waals surface area (Å²) in [6.07, 6.45) is -2.01. The second-order valence-electron chi connectivity index (χ2n) is 6.33. The summed E-state index contributed by atoms with van der Waals surface area (Å²) < 4.78 is 37.0. The van der Waals surface area contributed by atoms with E-state index in [0.29, 0.717) is 5.69 Å². The molecule has 3 aromatic heterocycles. The number of aliphatic hydroxyl groups excluding tert-OH is 1. The fourth-order valence-corrected chi connectivity index (χ4v) is 2.80. The molecule has 2 N–H and O–H groups in total. The first kappa shape index (κ1) is 19.0. The van der Waals surface area contributed by atoms with Crippen molar-refractivity contribution < 1.29 is 18.3 Å². The van der Waals surface area contributed by atoms with Gasteiger partial charge in [-0.3, -0.25) is 9.97 Å². The Hall–Kier alpha value is -2.74. The van der Waals surface area contributed by atoms with Gasteiger partial charge in [-0.15, -0.1) is 0 Å². The Morgan fingerprint density at radius 1 is 1.04 bits per heavy atom. The van der Waals surface area contributed by atoms with Gasteiger partial charge >= 0.3 is 6.18 Å². The van der Waals surface area contributed by atoms with E-state index in [-0.39, 0.29) is 5.69 Å². The van der Waals surface area contributed by atoms with Crippen molar-refractivity contribution >= 4 is 16.6 Å². The zero-order valence-electron chi connectivity index (χ0n) is 14.9. The molecule has 142 valence electrons. The summed E-state index contributed by atoms with van der Waals surface area (Å²) in [7, 11) is 1.79. The van der Waals surface area contributed by atoms with E-state index in [2.05, 4.69) is 20.3 Å². The third kappa shape index (κ3) is 4.51. The molecule has 0 aliphatic rings. The molecule has 0 fully saturated rings. The summed E-state index contributed by atoms with van der Waals surface area (Å²) in [5.41, 5.74) is 2.43. The third-order valence-electron chi connectivity index (χ3n) is 4.31. The largest absolute Gasteiger partial charge is 0.389 e. The Bertz CT molecular complexity index is 959. The Kier molecular flexibility index (Phi) is 5.27. The molecule has 0 saturated carbocycles. The molecule has 0 unspecified atom stereocenters. The lowest BCUT2D eigenvalue weighted by Crippen LogP contribution is -2.11.